The van der Waals surface area contributed by atoms with Crippen LogP contribution in [0.2, 0.25) is 0 Å². The number of nitrogens with one attached hydrogen (secondary N) is 2. The zero-order valence-corrected chi connectivity index (χ0v) is 14.0. The fraction of sp³-hybridized carbons (Fsp3) is 0.941. The van der Waals surface area contributed by atoms with Crippen LogP contribution in [0.25, 0.3) is 0 Å². The SMILES string of the molecule is CCNC(=NCC1CC1)NCCCCN1CCC(C)CC1. The maximum Gasteiger partial charge on any atom is 0.191 e. The monoisotopic (exact) mass is 294 g/mol. The molecule has 2 fully saturated rings. The van der Waals surface area contributed by atoms with E-state index in [1.807, 2.05) is 0 Å². The number of hydrogen-bond donors (Lipinski definition) is 2. The number of piperidine rings is 1. The van der Waals surface area contributed by atoms with Crippen molar-refractivity contribution in [2.24, 2.45) is 16.8 Å². The van der Waals surface area contributed by atoms with Crippen LogP contribution in [-0.4, -0.2) is 50.1 Å². The second-order valence-corrected chi connectivity index (χ2v) is 6.82. The average molecular weight is 294 g/mol. The van der Waals surface area contributed by atoms with E-state index < -0.39 is 0 Å². The summed E-state index contributed by atoms with van der Waals surface area (Å²) >= 11 is 0. The minimum Gasteiger partial charge on any atom is -0.357 e. The van der Waals surface area contributed by atoms with E-state index in [0.717, 1.165) is 37.4 Å². The average Bonchev–Trinajstić information content (AvgIpc) is 3.30. The van der Waals surface area contributed by atoms with Gasteiger partial charge in [-0.2, -0.15) is 0 Å². The van der Waals surface area contributed by atoms with Gasteiger partial charge >= 0.3 is 0 Å². The Morgan fingerprint density at radius 1 is 1.10 bits per heavy atom. The first-order valence-corrected chi connectivity index (χ1v) is 9.02. The predicted octanol–water partition coefficient (Wildman–Crippen LogP) is 2.46. The first-order chi connectivity index (χ1) is 10.3. The standard InChI is InChI=1S/C17H34N4/c1-3-18-17(20-14-16-6-7-16)19-10-4-5-11-21-12-8-15(2)9-13-21/h15-16H,3-14H2,1-2H3,(H2,18,19,20). The second-order valence-electron chi connectivity index (χ2n) is 6.82. The highest BCUT2D eigenvalue weighted by molar-refractivity contribution is 5.79. The molecule has 0 radical (unpaired) electrons. The van der Waals surface area contributed by atoms with Gasteiger partial charge in [-0.25, -0.2) is 0 Å². The highest BCUT2D eigenvalue weighted by Gasteiger charge is 2.20. The summed E-state index contributed by atoms with van der Waals surface area (Å²) in [5, 5.41) is 6.81. The van der Waals surface area contributed by atoms with Gasteiger partial charge in [-0.3, -0.25) is 4.99 Å². The molecule has 21 heavy (non-hydrogen) atoms. The minimum atomic E-state index is 0.863. The van der Waals surface area contributed by atoms with Crippen molar-refractivity contribution in [1.82, 2.24) is 15.5 Å². The van der Waals surface area contributed by atoms with Crippen LogP contribution >= 0.6 is 0 Å². The maximum atomic E-state index is 4.66. The van der Waals surface area contributed by atoms with Crippen LogP contribution in [0.5, 0.6) is 0 Å². The molecule has 0 aromatic carbocycles. The van der Waals surface area contributed by atoms with Crippen LogP contribution in [0, 0.1) is 11.8 Å². The van der Waals surface area contributed by atoms with Crippen molar-refractivity contribution < 1.29 is 0 Å². The van der Waals surface area contributed by atoms with Gasteiger partial charge in [-0.1, -0.05) is 6.92 Å². The first-order valence-electron chi connectivity index (χ1n) is 9.02. The molecular formula is C17H34N4. The van der Waals surface area contributed by atoms with Gasteiger partial charge in [-0.05, 0) is 76.9 Å². The fourth-order valence-corrected chi connectivity index (χ4v) is 2.82. The van der Waals surface area contributed by atoms with Crippen LogP contribution in [0.1, 0.15) is 52.4 Å². The van der Waals surface area contributed by atoms with E-state index in [2.05, 4.69) is 34.4 Å². The summed E-state index contributed by atoms with van der Waals surface area (Å²) < 4.78 is 0. The van der Waals surface area contributed by atoms with Gasteiger partial charge in [0.15, 0.2) is 5.96 Å². The summed E-state index contributed by atoms with van der Waals surface area (Å²) in [6, 6.07) is 0. The lowest BCUT2D eigenvalue weighted by Crippen LogP contribution is -2.38. The number of guanidine groups is 1. The molecule has 0 unspecified atom stereocenters. The summed E-state index contributed by atoms with van der Waals surface area (Å²) in [5.74, 6) is 2.81. The van der Waals surface area contributed by atoms with Crippen molar-refractivity contribution in [3.8, 4) is 0 Å². The van der Waals surface area contributed by atoms with Gasteiger partial charge in [0.25, 0.3) is 0 Å². The van der Waals surface area contributed by atoms with E-state index in [9.17, 15) is 0 Å². The molecule has 0 atom stereocenters. The van der Waals surface area contributed by atoms with Crippen LogP contribution in [-0.2, 0) is 0 Å². The van der Waals surface area contributed by atoms with E-state index in [4.69, 9.17) is 0 Å². The predicted molar refractivity (Wildman–Crippen MR) is 90.8 cm³/mol. The van der Waals surface area contributed by atoms with Crippen molar-refractivity contribution >= 4 is 5.96 Å². The van der Waals surface area contributed by atoms with E-state index >= 15 is 0 Å². The molecule has 0 amide bonds. The van der Waals surface area contributed by atoms with Crippen molar-refractivity contribution in [2.75, 3.05) is 39.3 Å². The molecule has 4 nitrogen and oxygen atoms in total. The molecule has 1 aliphatic carbocycles. The number of hydrogen-bond acceptors (Lipinski definition) is 2. The van der Waals surface area contributed by atoms with Crippen LogP contribution < -0.4 is 10.6 Å². The van der Waals surface area contributed by atoms with Gasteiger partial charge in [0, 0.05) is 19.6 Å². The van der Waals surface area contributed by atoms with E-state index in [-0.39, 0.29) is 0 Å². The highest BCUT2D eigenvalue weighted by Crippen LogP contribution is 2.28. The third-order valence-corrected chi connectivity index (χ3v) is 4.62. The van der Waals surface area contributed by atoms with Gasteiger partial charge in [0.1, 0.15) is 0 Å². The Morgan fingerprint density at radius 2 is 1.86 bits per heavy atom. The maximum absolute atomic E-state index is 4.66. The molecule has 2 aliphatic rings. The number of likely N-dealkylation sites (tertiary alicyclic amines) is 1. The molecule has 1 aliphatic heterocycles. The minimum absolute atomic E-state index is 0.863. The van der Waals surface area contributed by atoms with E-state index in [0.29, 0.717) is 0 Å². The van der Waals surface area contributed by atoms with Gasteiger partial charge in [0.2, 0.25) is 0 Å². The Bertz CT molecular complexity index is 304. The van der Waals surface area contributed by atoms with Crippen LogP contribution in [0.15, 0.2) is 4.99 Å². The quantitative estimate of drug-likeness (QED) is 0.410. The molecular weight excluding hydrogens is 260 g/mol. The summed E-state index contributed by atoms with van der Waals surface area (Å²) in [6.07, 6.45) is 8.05. The van der Waals surface area contributed by atoms with Crippen LogP contribution in [0.4, 0.5) is 0 Å². The van der Waals surface area contributed by atoms with Gasteiger partial charge < -0.3 is 15.5 Å². The molecule has 0 aromatic heterocycles. The molecule has 0 spiro atoms. The lowest BCUT2D eigenvalue weighted by molar-refractivity contribution is 0.189. The largest absolute Gasteiger partial charge is 0.357 e. The topological polar surface area (TPSA) is 39.7 Å². The fourth-order valence-electron chi connectivity index (χ4n) is 2.82. The summed E-state index contributed by atoms with van der Waals surface area (Å²) in [7, 11) is 0. The molecule has 1 heterocycles. The lowest BCUT2D eigenvalue weighted by atomic mass is 9.99. The number of rotatable bonds is 8. The van der Waals surface area contributed by atoms with Crippen molar-refractivity contribution in [1.29, 1.82) is 0 Å². The smallest absolute Gasteiger partial charge is 0.191 e. The zero-order chi connectivity index (χ0) is 14.9. The first kappa shape index (κ1) is 16.6. The molecule has 122 valence electrons. The molecule has 4 heteroatoms. The lowest BCUT2D eigenvalue weighted by Gasteiger charge is -2.30. The summed E-state index contributed by atoms with van der Waals surface area (Å²) in [4.78, 5) is 7.29. The zero-order valence-electron chi connectivity index (χ0n) is 14.0. The highest BCUT2D eigenvalue weighted by atomic mass is 15.2. The normalized spacial score (nSPS) is 21.5. The third kappa shape index (κ3) is 7.16. The number of aliphatic imine (C=N–C) groups is 1. The van der Waals surface area contributed by atoms with E-state index in [1.54, 1.807) is 0 Å². The summed E-state index contributed by atoms with van der Waals surface area (Å²) in [6.45, 7) is 11.4. The van der Waals surface area contributed by atoms with Gasteiger partial charge in [0.05, 0.1) is 0 Å². The summed E-state index contributed by atoms with van der Waals surface area (Å²) in [5.41, 5.74) is 0. The molecule has 1 saturated carbocycles. The van der Waals surface area contributed by atoms with E-state index in [1.165, 1.54) is 58.2 Å². The van der Waals surface area contributed by atoms with Crippen molar-refractivity contribution in [3.05, 3.63) is 0 Å². The molecule has 0 aromatic rings. The Balaban J connectivity index is 1.51. The molecule has 1 saturated heterocycles. The molecule has 0 bridgehead atoms. The number of nitrogens with zero attached hydrogens (tertiary/aromatic N) is 2. The Morgan fingerprint density at radius 3 is 2.52 bits per heavy atom. The Kier molecular flexibility index (Phi) is 7.34. The number of unbranched alkanes of at least 4 members (excludes halogenated alkanes) is 1. The Hall–Kier alpha value is -0.770. The Labute approximate surface area is 130 Å². The van der Waals surface area contributed by atoms with Crippen molar-refractivity contribution in [3.63, 3.8) is 0 Å². The molecule has 2 N–H and O–H groups in total. The van der Waals surface area contributed by atoms with Crippen LogP contribution in [0.3, 0.4) is 0 Å². The third-order valence-electron chi connectivity index (χ3n) is 4.62. The molecule has 2 rings (SSSR count). The van der Waals surface area contributed by atoms with Gasteiger partial charge in [-0.15, -0.1) is 0 Å². The second kappa shape index (κ2) is 9.29. The van der Waals surface area contributed by atoms with Crippen molar-refractivity contribution in [2.45, 2.75) is 52.4 Å².